The van der Waals surface area contributed by atoms with Gasteiger partial charge in [0.2, 0.25) is 0 Å². The number of aryl methyl sites for hydroxylation is 3. The van der Waals surface area contributed by atoms with Gasteiger partial charge >= 0.3 is 11.9 Å². The summed E-state index contributed by atoms with van der Waals surface area (Å²) < 4.78 is 0. The van der Waals surface area contributed by atoms with Gasteiger partial charge in [-0.05, 0) is 105 Å². The van der Waals surface area contributed by atoms with Crippen LogP contribution in [0.15, 0.2) is 18.2 Å². The van der Waals surface area contributed by atoms with Gasteiger partial charge < -0.3 is 25.5 Å². The Labute approximate surface area is 277 Å². The summed E-state index contributed by atoms with van der Waals surface area (Å²) in [5, 5.41) is 23.6. The first-order valence-electron chi connectivity index (χ1n) is 17.1. The number of unbranched alkanes of at least 4 members (excludes halogenated alkanes) is 3. The molecule has 5 rings (SSSR count). The molecule has 9 nitrogen and oxygen atoms in total. The van der Waals surface area contributed by atoms with E-state index in [1.54, 1.807) is 0 Å². The molecule has 0 saturated heterocycles. The van der Waals surface area contributed by atoms with E-state index in [1.807, 2.05) is 19.9 Å². The molecule has 9 heteroatoms. The smallest absolute Gasteiger partial charge is 0.338 e. The molecular formula is C38H49N5O4. The van der Waals surface area contributed by atoms with Crippen molar-refractivity contribution in [3.63, 3.8) is 0 Å². The summed E-state index contributed by atoms with van der Waals surface area (Å²) in [5.41, 5.74) is 12.6. The van der Waals surface area contributed by atoms with Crippen LogP contribution in [0.2, 0.25) is 0 Å². The largest absolute Gasteiger partial charge is 0.481 e. The van der Waals surface area contributed by atoms with Gasteiger partial charge in [0.1, 0.15) is 0 Å². The van der Waals surface area contributed by atoms with Crippen LogP contribution in [0, 0.1) is 20.8 Å². The molecule has 5 N–H and O–H groups in total. The third-order valence-electron chi connectivity index (χ3n) is 10.2. The van der Waals surface area contributed by atoms with E-state index in [-0.39, 0.29) is 23.8 Å². The second-order valence-corrected chi connectivity index (χ2v) is 13.2. The number of allylic oxidation sites excluding steroid dienone is 2. The van der Waals surface area contributed by atoms with Gasteiger partial charge in [-0.2, -0.15) is 0 Å². The minimum atomic E-state index is -1.02. The minimum Gasteiger partial charge on any atom is -0.481 e. The van der Waals surface area contributed by atoms with Crippen molar-refractivity contribution < 1.29 is 19.8 Å². The van der Waals surface area contributed by atoms with Gasteiger partial charge in [0.15, 0.2) is 0 Å². The molecule has 3 aromatic heterocycles. The van der Waals surface area contributed by atoms with Crippen LogP contribution in [0.5, 0.6) is 0 Å². The van der Waals surface area contributed by atoms with Gasteiger partial charge in [-0.3, -0.25) is 9.78 Å². The number of carboxylic acids is 2. The topological polar surface area (TPSA) is 144 Å². The normalized spacial score (nSPS) is 16.2. The fraction of sp³-hybridized carbons (Fsp3) is 0.474. The number of rotatable bonds is 12. The number of nitrogens with one attached hydrogen (secondary N) is 3. The number of hydrogen-bond acceptors (Lipinski definition) is 5. The third kappa shape index (κ3) is 6.77. The Morgan fingerprint density at radius 1 is 0.872 bits per heavy atom. The van der Waals surface area contributed by atoms with Crippen LogP contribution in [0.4, 0.5) is 0 Å². The first-order chi connectivity index (χ1) is 22.5. The Hall–Kier alpha value is -4.24. The lowest BCUT2D eigenvalue weighted by Gasteiger charge is -2.16. The molecule has 2 aliphatic heterocycles. The number of nitrogens with zero attached hydrogens (tertiary/aromatic N) is 2. The molecule has 5 heterocycles. The van der Waals surface area contributed by atoms with Crippen molar-refractivity contribution in [3.05, 3.63) is 68.8 Å². The lowest BCUT2D eigenvalue weighted by Crippen LogP contribution is -2.15. The number of fused-ring (bicyclic) bond motifs is 8. The summed E-state index contributed by atoms with van der Waals surface area (Å²) in [7, 11) is 0. The third-order valence-corrected chi connectivity index (χ3v) is 10.2. The highest BCUT2D eigenvalue weighted by molar-refractivity contribution is 6.02. The fourth-order valence-corrected chi connectivity index (χ4v) is 7.21. The van der Waals surface area contributed by atoms with Gasteiger partial charge in [0, 0.05) is 52.7 Å². The summed E-state index contributed by atoms with van der Waals surface area (Å²) in [6.45, 7) is 16.1. The van der Waals surface area contributed by atoms with Gasteiger partial charge in [-0.1, -0.05) is 40.0 Å². The zero-order valence-electron chi connectivity index (χ0n) is 28.9. The van der Waals surface area contributed by atoms with Crippen LogP contribution in [-0.2, 0) is 11.3 Å². The molecule has 8 bridgehead atoms. The van der Waals surface area contributed by atoms with Crippen molar-refractivity contribution in [1.29, 1.82) is 0 Å². The number of H-pyrrole nitrogens is 2. The van der Waals surface area contributed by atoms with E-state index in [2.05, 4.69) is 62.0 Å². The molecule has 0 unspecified atom stereocenters. The van der Waals surface area contributed by atoms with Crippen molar-refractivity contribution in [2.75, 3.05) is 6.54 Å². The van der Waals surface area contributed by atoms with Crippen LogP contribution in [0.1, 0.15) is 140 Å². The summed E-state index contributed by atoms with van der Waals surface area (Å²) in [5.74, 6) is -2.12. The van der Waals surface area contributed by atoms with Crippen LogP contribution in [0.3, 0.4) is 0 Å². The standard InChI is InChI=1S/C38H49N5O4/c1-8-10-11-12-15-39-19-27-22(5)28-16-30-21(4)26(13-14-34(44)45)36(42-30)24(7)37-35(38(46)47)23(6)31(43-37)18-32-25(9-2)20(3)29(40-32)17-33(27)41-28/h16-18,21,26,39,41,43H,8-15,19H2,1-7H3,(H,44,45)(H,46,47)/t21-,26-/m0/s1. The van der Waals surface area contributed by atoms with E-state index in [0.29, 0.717) is 23.0 Å². The fourth-order valence-electron chi connectivity index (χ4n) is 7.21. The molecule has 3 aromatic rings. The Morgan fingerprint density at radius 3 is 2.28 bits per heavy atom. The molecule has 2 aliphatic rings. The number of hydrogen-bond donors (Lipinski definition) is 5. The second kappa shape index (κ2) is 14.3. The minimum absolute atomic E-state index is 0.00177. The Kier molecular flexibility index (Phi) is 10.3. The molecule has 0 saturated carbocycles. The van der Waals surface area contributed by atoms with Crippen molar-refractivity contribution >= 4 is 45.2 Å². The van der Waals surface area contributed by atoms with E-state index in [9.17, 15) is 19.8 Å². The Balaban J connectivity index is 1.84. The zero-order valence-corrected chi connectivity index (χ0v) is 28.9. The second-order valence-electron chi connectivity index (χ2n) is 13.2. The first-order valence-corrected chi connectivity index (χ1v) is 17.1. The van der Waals surface area contributed by atoms with Crippen LogP contribution in [-0.4, -0.2) is 48.6 Å². The van der Waals surface area contributed by atoms with E-state index < -0.39 is 11.9 Å². The van der Waals surface area contributed by atoms with E-state index in [4.69, 9.17) is 9.97 Å². The number of aromatic nitrogens is 4. The van der Waals surface area contributed by atoms with E-state index in [1.165, 1.54) is 24.8 Å². The lowest BCUT2D eigenvalue weighted by molar-refractivity contribution is -0.137. The predicted octanol–water partition coefficient (Wildman–Crippen LogP) is 8.70. The molecule has 0 aromatic carbocycles. The van der Waals surface area contributed by atoms with Gasteiger partial charge in [-0.25, -0.2) is 9.78 Å². The van der Waals surface area contributed by atoms with Crippen molar-refractivity contribution in [3.8, 4) is 0 Å². The molecule has 0 aliphatic carbocycles. The maximum atomic E-state index is 12.7. The van der Waals surface area contributed by atoms with Crippen LogP contribution < -0.4 is 5.32 Å². The molecule has 0 amide bonds. The van der Waals surface area contributed by atoms with E-state index >= 15 is 0 Å². The summed E-state index contributed by atoms with van der Waals surface area (Å²) in [4.78, 5) is 41.7. The number of aromatic amines is 2. The SMILES string of the molecule is CCCCCCNCc1c(C)c2cc3nc(c(C)c4[nH]c(cc5nc(cc1[nH]2)C(C)=C5CC)c(C)c4C(=O)O)[C@@H](CCC(=O)O)[C@@H]3C. The van der Waals surface area contributed by atoms with Crippen LogP contribution in [0.25, 0.3) is 33.2 Å². The zero-order chi connectivity index (χ0) is 34.0. The summed E-state index contributed by atoms with van der Waals surface area (Å²) in [6.07, 6.45) is 6.00. The predicted molar refractivity (Wildman–Crippen MR) is 189 cm³/mol. The average Bonchev–Trinajstić information content (AvgIpc) is 3.71. The molecule has 250 valence electrons. The highest BCUT2D eigenvalue weighted by atomic mass is 16.4. The Morgan fingerprint density at radius 2 is 1.60 bits per heavy atom. The monoisotopic (exact) mass is 639 g/mol. The first kappa shape index (κ1) is 34.1. The average molecular weight is 640 g/mol. The van der Waals surface area contributed by atoms with Crippen LogP contribution >= 0.6 is 0 Å². The van der Waals surface area contributed by atoms with Gasteiger partial charge in [0.05, 0.1) is 22.5 Å². The Bertz CT molecular complexity index is 1900. The van der Waals surface area contributed by atoms with Crippen molar-refractivity contribution in [1.82, 2.24) is 25.3 Å². The lowest BCUT2D eigenvalue weighted by atomic mass is 9.86. The molecule has 0 fully saturated rings. The number of carbonyl (C=O) groups is 2. The van der Waals surface area contributed by atoms with Crippen molar-refractivity contribution in [2.45, 2.75) is 112 Å². The molecule has 47 heavy (non-hydrogen) atoms. The van der Waals surface area contributed by atoms with E-state index in [0.717, 1.165) is 82.0 Å². The highest BCUT2D eigenvalue weighted by Crippen LogP contribution is 2.42. The highest BCUT2D eigenvalue weighted by Gasteiger charge is 2.32. The molecule has 0 spiro atoms. The van der Waals surface area contributed by atoms with Gasteiger partial charge in [0.25, 0.3) is 0 Å². The molecular weight excluding hydrogens is 590 g/mol. The molecule has 0 radical (unpaired) electrons. The molecule has 2 atom stereocenters. The number of carboxylic acid groups (broad SMARTS) is 2. The van der Waals surface area contributed by atoms with Gasteiger partial charge in [-0.15, -0.1) is 0 Å². The number of aromatic carboxylic acids is 1. The number of aliphatic carboxylic acids is 1. The quantitative estimate of drug-likeness (QED) is 0.125. The summed E-state index contributed by atoms with van der Waals surface area (Å²) >= 11 is 0. The summed E-state index contributed by atoms with van der Waals surface area (Å²) in [6, 6.07) is 6.19. The maximum Gasteiger partial charge on any atom is 0.338 e. The van der Waals surface area contributed by atoms with Crippen molar-refractivity contribution in [2.24, 2.45) is 0 Å². The maximum absolute atomic E-state index is 12.7.